The smallest absolute Gasteiger partial charge is 0.326 e. The normalized spacial score (nSPS) is 12.1. The summed E-state index contributed by atoms with van der Waals surface area (Å²) in [5.41, 5.74) is 1.66. The van der Waals surface area contributed by atoms with E-state index in [-0.39, 0.29) is 5.92 Å². The van der Waals surface area contributed by atoms with Crippen molar-refractivity contribution in [3.8, 4) is 0 Å². The van der Waals surface area contributed by atoms with Crippen LogP contribution in [0.25, 0.3) is 0 Å². The van der Waals surface area contributed by atoms with E-state index in [0.717, 1.165) is 16.5 Å². The summed E-state index contributed by atoms with van der Waals surface area (Å²) in [6.45, 7) is 5.48. The second-order valence-corrected chi connectivity index (χ2v) is 5.73. The number of benzene rings is 1. The van der Waals surface area contributed by atoms with Crippen molar-refractivity contribution in [2.45, 2.75) is 33.2 Å². The number of aryl methyl sites for hydroxylation is 1. The Bertz CT molecular complexity index is 503. The minimum Gasteiger partial charge on any atom is -0.480 e. The summed E-state index contributed by atoms with van der Waals surface area (Å²) in [5, 5.41) is 14.2. The van der Waals surface area contributed by atoms with Crippen LogP contribution in [0.2, 0.25) is 0 Å². The average Bonchev–Trinajstić information content (AvgIpc) is 2.37. The molecule has 0 fully saturated rings. The van der Waals surface area contributed by atoms with Crippen molar-refractivity contribution in [1.29, 1.82) is 0 Å². The van der Waals surface area contributed by atoms with Gasteiger partial charge in [0.05, 0.1) is 0 Å². The second-order valence-electron chi connectivity index (χ2n) is 4.81. The Morgan fingerprint density at radius 2 is 2.00 bits per heavy atom. The molecule has 0 saturated carbocycles. The van der Waals surface area contributed by atoms with Crippen molar-refractivity contribution < 1.29 is 14.7 Å². The fourth-order valence-electron chi connectivity index (χ4n) is 1.79. The van der Waals surface area contributed by atoms with Gasteiger partial charge >= 0.3 is 12.0 Å². The first-order valence-electron chi connectivity index (χ1n) is 6.43. The predicted molar refractivity (Wildman–Crippen MR) is 81.9 cm³/mol. The molecular formula is C14H19BrN2O3. The van der Waals surface area contributed by atoms with Crippen LogP contribution in [-0.4, -0.2) is 23.1 Å². The lowest BCUT2D eigenvalue weighted by molar-refractivity contribution is -0.140. The summed E-state index contributed by atoms with van der Waals surface area (Å²) in [6, 6.07) is 4.12. The van der Waals surface area contributed by atoms with E-state index in [2.05, 4.69) is 26.6 Å². The first-order valence-corrected chi connectivity index (χ1v) is 7.23. The van der Waals surface area contributed by atoms with Crippen LogP contribution < -0.4 is 10.6 Å². The van der Waals surface area contributed by atoms with Gasteiger partial charge in [0.15, 0.2) is 0 Å². The Kier molecular flexibility index (Phi) is 6.01. The van der Waals surface area contributed by atoms with E-state index < -0.39 is 18.0 Å². The van der Waals surface area contributed by atoms with Crippen LogP contribution in [0.5, 0.6) is 0 Å². The molecule has 1 aromatic carbocycles. The number of rotatable bonds is 5. The number of hydrogen-bond acceptors (Lipinski definition) is 2. The Labute approximate surface area is 126 Å². The largest absolute Gasteiger partial charge is 0.480 e. The molecule has 20 heavy (non-hydrogen) atoms. The fourth-order valence-corrected chi connectivity index (χ4v) is 2.20. The van der Waals surface area contributed by atoms with Crippen LogP contribution in [0.1, 0.15) is 26.3 Å². The highest BCUT2D eigenvalue weighted by atomic mass is 79.9. The molecular weight excluding hydrogens is 324 g/mol. The molecule has 0 saturated heterocycles. The van der Waals surface area contributed by atoms with Gasteiger partial charge in [-0.2, -0.15) is 0 Å². The van der Waals surface area contributed by atoms with E-state index in [1.54, 1.807) is 19.9 Å². The highest BCUT2D eigenvalue weighted by Crippen LogP contribution is 2.21. The lowest BCUT2D eigenvalue weighted by atomic mass is 10.1. The maximum atomic E-state index is 11.9. The number of hydrogen-bond donors (Lipinski definition) is 3. The molecule has 3 N–H and O–H groups in total. The molecule has 0 bridgehead atoms. The molecule has 0 unspecified atom stereocenters. The maximum absolute atomic E-state index is 11.9. The Hall–Kier alpha value is -1.56. The first kappa shape index (κ1) is 16.5. The van der Waals surface area contributed by atoms with Crippen molar-refractivity contribution in [3.05, 3.63) is 28.2 Å². The molecule has 1 aromatic rings. The number of carbonyl (C=O) groups excluding carboxylic acids is 1. The third kappa shape index (κ3) is 4.52. The third-order valence-corrected chi connectivity index (χ3v) is 3.41. The molecule has 5 nitrogen and oxygen atoms in total. The quantitative estimate of drug-likeness (QED) is 0.768. The summed E-state index contributed by atoms with van der Waals surface area (Å²) in [5.74, 6) is -1.23. The van der Waals surface area contributed by atoms with Crippen LogP contribution in [0.3, 0.4) is 0 Å². The van der Waals surface area contributed by atoms with Crippen molar-refractivity contribution in [1.82, 2.24) is 5.32 Å². The van der Waals surface area contributed by atoms with E-state index in [0.29, 0.717) is 5.69 Å². The van der Waals surface area contributed by atoms with Gasteiger partial charge in [0.1, 0.15) is 6.04 Å². The molecule has 0 aliphatic rings. The van der Waals surface area contributed by atoms with Crippen LogP contribution in [0.4, 0.5) is 10.5 Å². The molecule has 6 heteroatoms. The third-order valence-electron chi connectivity index (χ3n) is 2.92. The van der Waals surface area contributed by atoms with Crippen molar-refractivity contribution in [3.63, 3.8) is 0 Å². The van der Waals surface area contributed by atoms with Gasteiger partial charge in [0.2, 0.25) is 0 Å². The zero-order valence-electron chi connectivity index (χ0n) is 11.7. The van der Waals surface area contributed by atoms with Gasteiger partial charge in [-0.15, -0.1) is 0 Å². The van der Waals surface area contributed by atoms with E-state index in [9.17, 15) is 9.59 Å². The first-order chi connectivity index (χ1) is 9.35. The van der Waals surface area contributed by atoms with Gasteiger partial charge in [0.25, 0.3) is 0 Å². The Balaban J connectivity index is 2.78. The highest BCUT2D eigenvalue weighted by molar-refractivity contribution is 9.10. The number of amides is 2. The number of nitrogens with one attached hydrogen (secondary N) is 2. The van der Waals surface area contributed by atoms with E-state index in [1.165, 1.54) is 0 Å². The van der Waals surface area contributed by atoms with Crippen LogP contribution in [0, 0.1) is 5.92 Å². The summed E-state index contributed by atoms with van der Waals surface area (Å²) < 4.78 is 0.936. The number of carbonyl (C=O) groups is 2. The van der Waals surface area contributed by atoms with Gasteiger partial charge < -0.3 is 15.7 Å². The molecule has 0 aromatic heterocycles. The molecule has 1 atom stereocenters. The molecule has 0 spiro atoms. The minimum absolute atomic E-state index is 0.186. The summed E-state index contributed by atoms with van der Waals surface area (Å²) >= 11 is 3.38. The summed E-state index contributed by atoms with van der Waals surface area (Å²) in [7, 11) is 0. The predicted octanol–water partition coefficient (Wildman–Crippen LogP) is 3.24. The SMILES string of the molecule is CCc1cc(Br)ccc1NC(=O)N[C@H](C(=O)O)C(C)C. The van der Waals surface area contributed by atoms with Gasteiger partial charge in [-0.25, -0.2) is 9.59 Å². The molecule has 1 rings (SSSR count). The van der Waals surface area contributed by atoms with Crippen molar-refractivity contribution >= 4 is 33.6 Å². The van der Waals surface area contributed by atoms with E-state index in [4.69, 9.17) is 5.11 Å². The zero-order valence-corrected chi connectivity index (χ0v) is 13.3. The second kappa shape index (κ2) is 7.28. The lowest BCUT2D eigenvalue weighted by Gasteiger charge is -2.19. The number of anilines is 1. The average molecular weight is 343 g/mol. The number of aliphatic carboxylic acids is 1. The van der Waals surface area contributed by atoms with Gasteiger partial charge in [-0.3, -0.25) is 0 Å². The monoisotopic (exact) mass is 342 g/mol. The highest BCUT2D eigenvalue weighted by Gasteiger charge is 2.23. The molecule has 110 valence electrons. The van der Waals surface area contributed by atoms with Gasteiger partial charge in [-0.05, 0) is 36.1 Å². The number of carboxylic acids is 1. The van der Waals surface area contributed by atoms with Crippen LogP contribution >= 0.6 is 15.9 Å². The van der Waals surface area contributed by atoms with Crippen LogP contribution in [-0.2, 0) is 11.2 Å². The van der Waals surface area contributed by atoms with E-state index >= 15 is 0 Å². The summed E-state index contributed by atoms with van der Waals surface area (Å²) in [6.07, 6.45) is 0.765. The molecule has 0 aliphatic carbocycles. The maximum Gasteiger partial charge on any atom is 0.326 e. The topological polar surface area (TPSA) is 78.4 Å². The number of halogens is 1. The van der Waals surface area contributed by atoms with E-state index in [1.807, 2.05) is 19.1 Å². The Morgan fingerprint density at radius 3 is 2.50 bits per heavy atom. The number of carboxylic acid groups (broad SMARTS) is 1. The lowest BCUT2D eigenvalue weighted by Crippen LogP contribution is -2.46. The van der Waals surface area contributed by atoms with Crippen molar-refractivity contribution in [2.24, 2.45) is 5.92 Å². The fraction of sp³-hybridized carbons (Fsp3) is 0.429. The number of urea groups is 1. The van der Waals surface area contributed by atoms with Gasteiger partial charge in [-0.1, -0.05) is 36.7 Å². The molecule has 2 amide bonds. The minimum atomic E-state index is -1.04. The van der Waals surface area contributed by atoms with Crippen molar-refractivity contribution in [2.75, 3.05) is 5.32 Å². The summed E-state index contributed by atoms with van der Waals surface area (Å²) in [4.78, 5) is 22.9. The Morgan fingerprint density at radius 1 is 1.35 bits per heavy atom. The zero-order chi connectivity index (χ0) is 15.3. The molecule has 0 radical (unpaired) electrons. The standard InChI is InChI=1S/C14H19BrN2O3/c1-4-9-7-10(15)5-6-11(9)16-14(20)17-12(8(2)3)13(18)19/h5-8,12H,4H2,1-3H3,(H,18,19)(H2,16,17,20)/t12-/m0/s1. The van der Waals surface area contributed by atoms with Gasteiger partial charge in [0, 0.05) is 10.2 Å². The van der Waals surface area contributed by atoms with Crippen LogP contribution in [0.15, 0.2) is 22.7 Å². The molecule has 0 heterocycles. The molecule has 0 aliphatic heterocycles.